The molecule has 0 atom stereocenters. The Kier molecular flexibility index (Phi) is 4.33. The van der Waals surface area contributed by atoms with Gasteiger partial charge in [-0.2, -0.15) is 5.10 Å². The zero-order valence-corrected chi connectivity index (χ0v) is 11.3. The van der Waals surface area contributed by atoms with E-state index in [0.29, 0.717) is 18.8 Å². The minimum atomic E-state index is 0.0630. The van der Waals surface area contributed by atoms with Gasteiger partial charge >= 0.3 is 0 Å². The topological polar surface area (TPSA) is 59.8 Å². The number of hydrogen-bond acceptors (Lipinski definition) is 3. The van der Waals surface area contributed by atoms with Crippen molar-refractivity contribution >= 4 is 5.91 Å². The van der Waals surface area contributed by atoms with Crippen molar-refractivity contribution in [2.45, 2.75) is 57.9 Å². The Hall–Kier alpha value is -1.39. The molecule has 1 aromatic rings. The van der Waals surface area contributed by atoms with Gasteiger partial charge in [0, 0.05) is 32.4 Å². The van der Waals surface area contributed by atoms with E-state index < -0.39 is 0 Å². The Morgan fingerprint density at radius 1 is 1.50 bits per heavy atom. The maximum atomic E-state index is 11.3. The van der Waals surface area contributed by atoms with E-state index in [4.69, 9.17) is 0 Å². The lowest BCUT2D eigenvalue weighted by Gasteiger charge is -2.04. The molecule has 0 radical (unpaired) electrons. The van der Waals surface area contributed by atoms with Crippen molar-refractivity contribution in [3.8, 4) is 0 Å². The summed E-state index contributed by atoms with van der Waals surface area (Å²) in [4.78, 5) is 15.9. The fourth-order valence-corrected chi connectivity index (χ4v) is 1.93. The molecule has 0 aromatic carbocycles. The van der Waals surface area contributed by atoms with Crippen LogP contribution in [0.3, 0.4) is 0 Å². The fourth-order valence-electron chi connectivity index (χ4n) is 1.93. The van der Waals surface area contributed by atoms with E-state index in [1.165, 1.54) is 12.8 Å². The molecule has 18 heavy (non-hydrogen) atoms. The van der Waals surface area contributed by atoms with Crippen LogP contribution in [-0.4, -0.2) is 27.7 Å². The molecule has 1 N–H and O–H groups in total. The van der Waals surface area contributed by atoms with E-state index in [-0.39, 0.29) is 5.91 Å². The lowest BCUT2D eigenvalue weighted by molar-refractivity contribution is -0.120. The third kappa shape index (κ3) is 3.31. The first-order chi connectivity index (χ1) is 8.74. The van der Waals surface area contributed by atoms with E-state index in [2.05, 4.69) is 22.3 Å². The predicted molar refractivity (Wildman–Crippen MR) is 69.3 cm³/mol. The molecule has 5 nitrogen and oxygen atoms in total. The van der Waals surface area contributed by atoms with Crippen molar-refractivity contribution in [2.75, 3.05) is 7.05 Å². The van der Waals surface area contributed by atoms with Crippen LogP contribution in [0, 0.1) is 0 Å². The zero-order valence-electron chi connectivity index (χ0n) is 11.3. The number of rotatable bonds is 7. The van der Waals surface area contributed by atoms with Gasteiger partial charge in [0.1, 0.15) is 5.82 Å². The Bertz CT molecular complexity index is 409. The number of unbranched alkanes of at least 4 members (excludes halogenated alkanes) is 1. The molecule has 2 rings (SSSR count). The molecule has 1 heterocycles. The minimum absolute atomic E-state index is 0.0630. The van der Waals surface area contributed by atoms with E-state index in [1.54, 1.807) is 7.05 Å². The van der Waals surface area contributed by atoms with Crippen molar-refractivity contribution in [1.29, 1.82) is 0 Å². The molecule has 1 saturated carbocycles. The van der Waals surface area contributed by atoms with Crippen LogP contribution >= 0.6 is 0 Å². The molecular formula is C13H22N4O. The second kappa shape index (κ2) is 5.98. The SMILES string of the molecule is CCCCn1nc(C2CC2)nc1CCC(=O)NC. The van der Waals surface area contributed by atoms with Crippen molar-refractivity contribution in [3.05, 3.63) is 11.6 Å². The quantitative estimate of drug-likeness (QED) is 0.800. The van der Waals surface area contributed by atoms with Gasteiger partial charge in [0.05, 0.1) is 0 Å². The van der Waals surface area contributed by atoms with Gasteiger partial charge in [0.2, 0.25) is 5.91 Å². The van der Waals surface area contributed by atoms with Gasteiger partial charge in [-0.3, -0.25) is 4.79 Å². The zero-order chi connectivity index (χ0) is 13.0. The summed E-state index contributed by atoms with van der Waals surface area (Å²) in [7, 11) is 1.67. The van der Waals surface area contributed by atoms with Gasteiger partial charge in [-0.25, -0.2) is 9.67 Å². The summed E-state index contributed by atoms with van der Waals surface area (Å²) in [6, 6.07) is 0. The van der Waals surface area contributed by atoms with E-state index in [1.807, 2.05) is 4.68 Å². The lowest BCUT2D eigenvalue weighted by atomic mass is 10.2. The largest absolute Gasteiger partial charge is 0.359 e. The molecule has 1 fully saturated rings. The van der Waals surface area contributed by atoms with E-state index in [9.17, 15) is 4.79 Å². The maximum absolute atomic E-state index is 11.3. The van der Waals surface area contributed by atoms with Crippen molar-refractivity contribution in [1.82, 2.24) is 20.1 Å². The number of nitrogens with zero attached hydrogens (tertiary/aromatic N) is 3. The summed E-state index contributed by atoms with van der Waals surface area (Å²) in [6.45, 7) is 3.09. The molecule has 0 saturated heterocycles. The second-order valence-corrected chi connectivity index (χ2v) is 4.91. The predicted octanol–water partition coefficient (Wildman–Crippen LogP) is 1.63. The first-order valence-electron chi connectivity index (χ1n) is 6.88. The molecular weight excluding hydrogens is 228 g/mol. The highest BCUT2D eigenvalue weighted by atomic mass is 16.1. The van der Waals surface area contributed by atoms with Gasteiger partial charge in [0.25, 0.3) is 0 Å². The van der Waals surface area contributed by atoms with Crippen molar-refractivity contribution < 1.29 is 4.79 Å². The smallest absolute Gasteiger partial charge is 0.220 e. The van der Waals surface area contributed by atoms with Gasteiger partial charge in [-0.05, 0) is 19.3 Å². The van der Waals surface area contributed by atoms with Crippen LogP contribution in [0.1, 0.15) is 56.6 Å². The van der Waals surface area contributed by atoms with Crippen LogP contribution in [0.15, 0.2) is 0 Å². The maximum Gasteiger partial charge on any atom is 0.220 e. The van der Waals surface area contributed by atoms with Crippen LogP contribution in [0.5, 0.6) is 0 Å². The van der Waals surface area contributed by atoms with Gasteiger partial charge in [-0.1, -0.05) is 13.3 Å². The summed E-state index contributed by atoms with van der Waals surface area (Å²) < 4.78 is 2.00. The van der Waals surface area contributed by atoms with Crippen LogP contribution < -0.4 is 5.32 Å². The summed E-state index contributed by atoms with van der Waals surface area (Å²) in [5.41, 5.74) is 0. The average Bonchev–Trinajstić information content (AvgIpc) is 3.15. The van der Waals surface area contributed by atoms with Gasteiger partial charge in [0.15, 0.2) is 5.82 Å². The number of aryl methyl sites for hydroxylation is 2. The molecule has 0 unspecified atom stereocenters. The number of carbonyl (C=O) groups is 1. The Labute approximate surface area is 108 Å². The molecule has 1 aliphatic carbocycles. The Balaban J connectivity index is 2.02. The highest BCUT2D eigenvalue weighted by molar-refractivity contribution is 5.75. The number of amides is 1. The van der Waals surface area contributed by atoms with Crippen molar-refractivity contribution in [3.63, 3.8) is 0 Å². The monoisotopic (exact) mass is 250 g/mol. The molecule has 5 heteroatoms. The van der Waals surface area contributed by atoms with Crippen LogP contribution in [0.4, 0.5) is 0 Å². The first kappa shape index (κ1) is 13.1. The normalized spacial score (nSPS) is 14.8. The molecule has 1 amide bonds. The third-order valence-electron chi connectivity index (χ3n) is 3.29. The lowest BCUT2D eigenvalue weighted by Crippen LogP contribution is -2.19. The van der Waals surface area contributed by atoms with Gasteiger partial charge in [-0.15, -0.1) is 0 Å². The summed E-state index contributed by atoms with van der Waals surface area (Å²) >= 11 is 0. The standard InChI is InChI=1S/C13H22N4O/c1-3-4-9-17-11(7-8-12(18)14-2)15-13(16-17)10-5-6-10/h10H,3-9H2,1-2H3,(H,14,18). The van der Waals surface area contributed by atoms with E-state index >= 15 is 0 Å². The highest BCUT2D eigenvalue weighted by Gasteiger charge is 2.28. The molecule has 0 aliphatic heterocycles. The Morgan fingerprint density at radius 3 is 2.89 bits per heavy atom. The molecule has 0 bridgehead atoms. The van der Waals surface area contributed by atoms with Crippen LogP contribution in [-0.2, 0) is 17.8 Å². The fraction of sp³-hybridized carbons (Fsp3) is 0.769. The molecule has 0 spiro atoms. The number of hydrogen-bond donors (Lipinski definition) is 1. The van der Waals surface area contributed by atoms with Crippen molar-refractivity contribution in [2.24, 2.45) is 0 Å². The average molecular weight is 250 g/mol. The molecule has 1 aromatic heterocycles. The number of carbonyl (C=O) groups excluding carboxylic acids is 1. The van der Waals surface area contributed by atoms with Crippen LogP contribution in [0.25, 0.3) is 0 Å². The third-order valence-corrected chi connectivity index (χ3v) is 3.29. The second-order valence-electron chi connectivity index (χ2n) is 4.91. The first-order valence-corrected chi connectivity index (χ1v) is 6.88. The highest BCUT2D eigenvalue weighted by Crippen LogP contribution is 2.38. The minimum Gasteiger partial charge on any atom is -0.359 e. The van der Waals surface area contributed by atoms with Gasteiger partial charge < -0.3 is 5.32 Å². The molecule has 100 valence electrons. The number of aromatic nitrogens is 3. The summed E-state index contributed by atoms with van der Waals surface area (Å²) in [5, 5.41) is 7.23. The van der Waals surface area contributed by atoms with Crippen LogP contribution in [0.2, 0.25) is 0 Å². The Morgan fingerprint density at radius 2 is 2.28 bits per heavy atom. The summed E-state index contributed by atoms with van der Waals surface area (Å²) in [5.74, 6) is 2.59. The molecule has 1 aliphatic rings. The number of nitrogens with one attached hydrogen (secondary N) is 1. The van der Waals surface area contributed by atoms with E-state index in [0.717, 1.165) is 31.0 Å². The summed E-state index contributed by atoms with van der Waals surface area (Å²) in [6.07, 6.45) is 5.86.